The fourth-order valence-corrected chi connectivity index (χ4v) is 4.29. The summed E-state index contributed by atoms with van der Waals surface area (Å²) < 4.78 is 1.80. The fourth-order valence-electron chi connectivity index (χ4n) is 4.29. The number of nitrogens with zero attached hydrogens (tertiary/aromatic N) is 2. The molecule has 1 aliphatic rings. The van der Waals surface area contributed by atoms with Gasteiger partial charge in [-0.2, -0.15) is 0 Å². The molecule has 4 rings (SSSR count). The van der Waals surface area contributed by atoms with E-state index in [4.69, 9.17) is 0 Å². The average molecular weight is 432 g/mol. The van der Waals surface area contributed by atoms with Gasteiger partial charge < -0.3 is 14.8 Å². The lowest BCUT2D eigenvalue weighted by Crippen LogP contribution is -2.34. The van der Waals surface area contributed by atoms with Gasteiger partial charge in [0.15, 0.2) is 0 Å². The Bertz CT molecular complexity index is 1100. The number of likely N-dealkylation sites (tertiary alicyclic amines) is 1. The van der Waals surface area contributed by atoms with Gasteiger partial charge >= 0.3 is 0 Å². The largest absolute Gasteiger partial charge is 0.349 e. The van der Waals surface area contributed by atoms with Crippen molar-refractivity contribution in [1.82, 2.24) is 14.8 Å². The van der Waals surface area contributed by atoms with E-state index < -0.39 is 11.7 Å². The monoisotopic (exact) mass is 431 g/mol. The van der Waals surface area contributed by atoms with Crippen LogP contribution in [0.5, 0.6) is 0 Å². The van der Waals surface area contributed by atoms with Crippen molar-refractivity contribution >= 4 is 28.5 Å². The number of amides is 2. The van der Waals surface area contributed by atoms with Gasteiger partial charge in [0.1, 0.15) is 6.54 Å². The van der Waals surface area contributed by atoms with Crippen LogP contribution < -0.4 is 5.32 Å². The predicted molar refractivity (Wildman–Crippen MR) is 124 cm³/mol. The van der Waals surface area contributed by atoms with Gasteiger partial charge in [-0.3, -0.25) is 14.4 Å². The number of hydrogen-bond donors (Lipinski definition) is 1. The zero-order valence-electron chi connectivity index (χ0n) is 18.3. The van der Waals surface area contributed by atoms with Crippen molar-refractivity contribution in [2.45, 2.75) is 38.6 Å². The van der Waals surface area contributed by atoms with Crippen LogP contribution in [0.2, 0.25) is 0 Å². The molecule has 32 heavy (non-hydrogen) atoms. The van der Waals surface area contributed by atoms with E-state index in [0.717, 1.165) is 49.9 Å². The SMILES string of the molecule is O=C(NCCc1ccccc1)C(=O)c1cn(CC(=O)N2CCCCCC2)c2ccccc12. The Hall–Kier alpha value is -3.41. The number of ketones is 1. The third kappa shape index (κ3) is 5.07. The van der Waals surface area contributed by atoms with E-state index in [1.165, 1.54) is 0 Å². The van der Waals surface area contributed by atoms with E-state index in [1.54, 1.807) is 10.8 Å². The number of benzene rings is 2. The number of carbonyl (C=O) groups is 3. The molecule has 0 bridgehead atoms. The number of Topliss-reactive ketones (excluding diaryl/α,β-unsaturated/α-hetero) is 1. The lowest BCUT2D eigenvalue weighted by molar-refractivity contribution is -0.131. The summed E-state index contributed by atoms with van der Waals surface area (Å²) in [5.41, 5.74) is 2.22. The van der Waals surface area contributed by atoms with Crippen LogP contribution in [0.4, 0.5) is 0 Å². The number of para-hydroxylation sites is 1. The fraction of sp³-hybridized carbons (Fsp3) is 0.346. The van der Waals surface area contributed by atoms with Crippen molar-refractivity contribution in [2.24, 2.45) is 0 Å². The maximum atomic E-state index is 12.9. The minimum Gasteiger partial charge on any atom is -0.349 e. The van der Waals surface area contributed by atoms with Crippen LogP contribution in [0.1, 0.15) is 41.6 Å². The Morgan fingerprint density at radius 1 is 0.844 bits per heavy atom. The van der Waals surface area contributed by atoms with Crippen LogP contribution in [0, 0.1) is 0 Å². The molecule has 0 aliphatic carbocycles. The lowest BCUT2D eigenvalue weighted by Gasteiger charge is -2.20. The van der Waals surface area contributed by atoms with E-state index in [1.807, 2.05) is 59.5 Å². The van der Waals surface area contributed by atoms with Crippen LogP contribution in [-0.2, 0) is 22.6 Å². The molecule has 2 heterocycles. The van der Waals surface area contributed by atoms with E-state index in [0.29, 0.717) is 23.9 Å². The Morgan fingerprint density at radius 2 is 1.53 bits per heavy atom. The van der Waals surface area contributed by atoms with E-state index >= 15 is 0 Å². The van der Waals surface area contributed by atoms with Gasteiger partial charge in [-0.05, 0) is 30.9 Å². The molecular formula is C26H29N3O3. The second-order valence-corrected chi connectivity index (χ2v) is 8.30. The van der Waals surface area contributed by atoms with E-state index in [-0.39, 0.29) is 12.5 Å². The molecule has 0 spiro atoms. The van der Waals surface area contributed by atoms with Crippen molar-refractivity contribution < 1.29 is 14.4 Å². The highest BCUT2D eigenvalue weighted by atomic mass is 16.2. The van der Waals surface area contributed by atoms with E-state index in [2.05, 4.69) is 5.32 Å². The van der Waals surface area contributed by atoms with Crippen molar-refractivity contribution in [3.8, 4) is 0 Å². The standard InChI is InChI=1S/C26H29N3O3/c30-24(28-16-8-1-2-9-17-28)19-29-18-22(21-12-6-7-13-23(21)29)25(31)26(32)27-15-14-20-10-4-3-5-11-20/h3-7,10-13,18H,1-2,8-9,14-17,19H2,(H,27,32). The Balaban J connectivity index is 1.47. The summed E-state index contributed by atoms with van der Waals surface area (Å²) >= 11 is 0. The molecule has 1 saturated heterocycles. The van der Waals surface area contributed by atoms with Gasteiger partial charge in [0.25, 0.3) is 11.7 Å². The number of carbonyl (C=O) groups excluding carboxylic acids is 3. The summed E-state index contributed by atoms with van der Waals surface area (Å²) in [7, 11) is 0. The highest BCUT2D eigenvalue weighted by Gasteiger charge is 2.23. The molecule has 2 amide bonds. The number of hydrogen-bond acceptors (Lipinski definition) is 3. The maximum Gasteiger partial charge on any atom is 0.292 e. The maximum absolute atomic E-state index is 12.9. The van der Waals surface area contributed by atoms with Gasteiger partial charge in [0, 0.05) is 36.7 Å². The van der Waals surface area contributed by atoms with Gasteiger partial charge in [0.05, 0.1) is 5.56 Å². The molecule has 2 aromatic carbocycles. The normalized spacial score (nSPS) is 14.2. The molecule has 1 aliphatic heterocycles. The summed E-state index contributed by atoms with van der Waals surface area (Å²) in [6.07, 6.45) is 6.70. The first-order chi connectivity index (χ1) is 15.6. The summed E-state index contributed by atoms with van der Waals surface area (Å²) in [5.74, 6) is -1.14. The summed E-state index contributed by atoms with van der Waals surface area (Å²) in [5, 5.41) is 3.42. The summed E-state index contributed by atoms with van der Waals surface area (Å²) in [4.78, 5) is 40.3. The summed E-state index contributed by atoms with van der Waals surface area (Å²) in [6.45, 7) is 2.13. The molecule has 0 saturated carbocycles. The van der Waals surface area contributed by atoms with Crippen LogP contribution >= 0.6 is 0 Å². The first kappa shape index (κ1) is 21.8. The van der Waals surface area contributed by atoms with Crippen molar-refractivity contribution in [3.63, 3.8) is 0 Å². The van der Waals surface area contributed by atoms with Crippen LogP contribution in [0.25, 0.3) is 10.9 Å². The molecule has 6 nitrogen and oxygen atoms in total. The van der Waals surface area contributed by atoms with Gasteiger partial charge in [-0.15, -0.1) is 0 Å². The van der Waals surface area contributed by atoms with E-state index in [9.17, 15) is 14.4 Å². The molecule has 3 aromatic rings. The lowest BCUT2D eigenvalue weighted by atomic mass is 10.1. The van der Waals surface area contributed by atoms with Gasteiger partial charge in [-0.1, -0.05) is 61.4 Å². The topological polar surface area (TPSA) is 71.4 Å². The average Bonchev–Trinajstić information content (AvgIpc) is 2.99. The molecule has 1 N–H and O–H groups in total. The van der Waals surface area contributed by atoms with Crippen molar-refractivity contribution in [3.05, 3.63) is 71.9 Å². The van der Waals surface area contributed by atoms with Gasteiger partial charge in [-0.25, -0.2) is 0 Å². The molecule has 0 radical (unpaired) electrons. The minimum absolute atomic E-state index is 0.0546. The van der Waals surface area contributed by atoms with Crippen LogP contribution in [-0.4, -0.2) is 46.7 Å². The Labute approximate surface area is 188 Å². The number of fused-ring (bicyclic) bond motifs is 1. The van der Waals surface area contributed by atoms with Gasteiger partial charge in [0.2, 0.25) is 5.91 Å². The molecule has 166 valence electrons. The summed E-state index contributed by atoms with van der Waals surface area (Å²) in [6, 6.07) is 17.2. The Kier molecular flexibility index (Phi) is 7.00. The molecule has 6 heteroatoms. The minimum atomic E-state index is -0.623. The first-order valence-electron chi connectivity index (χ1n) is 11.4. The van der Waals surface area contributed by atoms with Crippen LogP contribution in [0.3, 0.4) is 0 Å². The predicted octanol–water partition coefficient (Wildman–Crippen LogP) is 3.59. The van der Waals surface area contributed by atoms with Crippen molar-refractivity contribution in [1.29, 1.82) is 0 Å². The molecular weight excluding hydrogens is 402 g/mol. The van der Waals surface area contributed by atoms with Crippen molar-refractivity contribution in [2.75, 3.05) is 19.6 Å². The molecule has 1 aromatic heterocycles. The number of aromatic nitrogens is 1. The smallest absolute Gasteiger partial charge is 0.292 e. The zero-order chi connectivity index (χ0) is 22.3. The third-order valence-electron chi connectivity index (χ3n) is 6.05. The molecule has 1 fully saturated rings. The second kappa shape index (κ2) is 10.3. The second-order valence-electron chi connectivity index (χ2n) is 8.30. The third-order valence-corrected chi connectivity index (χ3v) is 6.05. The number of nitrogens with one attached hydrogen (secondary N) is 1. The highest BCUT2D eigenvalue weighted by molar-refractivity contribution is 6.45. The quantitative estimate of drug-likeness (QED) is 0.459. The number of rotatable bonds is 7. The first-order valence-corrected chi connectivity index (χ1v) is 11.4. The zero-order valence-corrected chi connectivity index (χ0v) is 18.3. The van der Waals surface area contributed by atoms with Crippen LogP contribution in [0.15, 0.2) is 60.8 Å². The highest BCUT2D eigenvalue weighted by Crippen LogP contribution is 2.22. The Morgan fingerprint density at radius 3 is 2.28 bits per heavy atom. The molecule has 0 unspecified atom stereocenters. The molecule has 0 atom stereocenters.